The number of aromatic nitrogens is 1. The van der Waals surface area contributed by atoms with E-state index >= 15 is 0 Å². The van der Waals surface area contributed by atoms with E-state index in [-0.39, 0.29) is 29.9 Å². The molecule has 0 bridgehead atoms. The van der Waals surface area contributed by atoms with Gasteiger partial charge in [-0.1, -0.05) is 6.07 Å². The Labute approximate surface area is 262 Å². The van der Waals surface area contributed by atoms with Gasteiger partial charge in [0.1, 0.15) is 11.5 Å². The highest BCUT2D eigenvalue weighted by Gasteiger charge is 2.36. The molecular formula is C32H33F3N6O5. The number of benzene rings is 3. The monoisotopic (exact) mass is 638 g/mol. The summed E-state index contributed by atoms with van der Waals surface area (Å²) in [5, 5.41) is 8.57. The number of hydrogen-bond donors (Lipinski definition) is 4. The predicted octanol–water partition coefficient (Wildman–Crippen LogP) is 5.75. The largest absolute Gasteiger partial charge is 0.493 e. The summed E-state index contributed by atoms with van der Waals surface area (Å²) in [7, 11) is 3.05. The van der Waals surface area contributed by atoms with Gasteiger partial charge in [-0.2, -0.15) is 13.2 Å². The number of alkyl halides is 3. The minimum atomic E-state index is -4.66. The Balaban J connectivity index is 1.27. The number of carbonyl (C=O) groups excluding carboxylic acids is 2. The zero-order valence-corrected chi connectivity index (χ0v) is 25.1. The van der Waals surface area contributed by atoms with E-state index in [1.165, 1.54) is 26.4 Å². The van der Waals surface area contributed by atoms with Crippen molar-refractivity contribution >= 4 is 39.9 Å². The number of nitrogens with one attached hydrogen (secondary N) is 3. The summed E-state index contributed by atoms with van der Waals surface area (Å²) in [4.78, 5) is 30.4. The van der Waals surface area contributed by atoms with Crippen LogP contribution in [0.2, 0.25) is 0 Å². The highest BCUT2D eigenvalue weighted by molar-refractivity contribution is 6.00. The summed E-state index contributed by atoms with van der Waals surface area (Å²) in [6.45, 7) is 0.498. The van der Waals surface area contributed by atoms with Crippen molar-refractivity contribution in [3.63, 3.8) is 0 Å². The Morgan fingerprint density at radius 1 is 0.935 bits per heavy atom. The fourth-order valence-electron chi connectivity index (χ4n) is 5.26. The van der Waals surface area contributed by atoms with E-state index in [2.05, 4.69) is 20.9 Å². The lowest BCUT2D eigenvalue weighted by Gasteiger charge is -2.35. The number of carbonyl (C=O) groups is 2. The average Bonchev–Trinajstić information content (AvgIpc) is 3.04. The minimum absolute atomic E-state index is 0.00612. The third kappa shape index (κ3) is 7.51. The molecule has 14 heteroatoms. The summed E-state index contributed by atoms with van der Waals surface area (Å²) in [5.41, 5.74) is 5.41. The molecule has 5 N–H and O–H groups in total. The molecule has 1 aliphatic heterocycles. The van der Waals surface area contributed by atoms with Gasteiger partial charge in [-0.15, -0.1) is 0 Å². The third-order valence-corrected chi connectivity index (χ3v) is 7.47. The smallest absolute Gasteiger partial charge is 0.418 e. The molecule has 3 amide bonds. The van der Waals surface area contributed by atoms with Crippen molar-refractivity contribution in [2.45, 2.75) is 25.1 Å². The van der Waals surface area contributed by atoms with Crippen LogP contribution >= 0.6 is 0 Å². The Hall–Kier alpha value is -5.24. The summed E-state index contributed by atoms with van der Waals surface area (Å²) in [6, 6.07) is 14.5. The number of anilines is 3. The highest BCUT2D eigenvalue weighted by atomic mass is 19.4. The molecule has 0 atom stereocenters. The van der Waals surface area contributed by atoms with E-state index in [0.29, 0.717) is 65.5 Å². The van der Waals surface area contributed by atoms with Crippen LogP contribution in [0, 0.1) is 0 Å². The maximum atomic E-state index is 14.1. The van der Waals surface area contributed by atoms with Crippen molar-refractivity contribution in [3.8, 4) is 23.0 Å². The van der Waals surface area contributed by atoms with Crippen LogP contribution in [-0.4, -0.2) is 56.8 Å². The highest BCUT2D eigenvalue weighted by Crippen LogP contribution is 2.40. The molecule has 11 nitrogen and oxygen atoms in total. The number of fused-ring (bicyclic) bond motifs is 1. The molecule has 3 aromatic carbocycles. The summed E-state index contributed by atoms with van der Waals surface area (Å²) in [5.74, 6) is 1.60. The SMILES string of the molecule is COc1cc2nccc(Oc3cccc(NC(=O)Nc4ccc(N5CCC(NC(=O)CN)CC5)c(C(F)(F)F)c4)c3)c2cc1OC. The zero-order chi connectivity index (χ0) is 32.8. The van der Waals surface area contributed by atoms with Gasteiger partial charge in [0.2, 0.25) is 5.91 Å². The molecule has 0 spiro atoms. The molecular weight excluding hydrogens is 605 g/mol. The van der Waals surface area contributed by atoms with Crippen molar-refractivity contribution < 1.29 is 37.0 Å². The maximum Gasteiger partial charge on any atom is 0.418 e. The minimum Gasteiger partial charge on any atom is -0.493 e. The molecule has 242 valence electrons. The number of ether oxygens (including phenoxy) is 3. The molecule has 46 heavy (non-hydrogen) atoms. The lowest BCUT2D eigenvalue weighted by Crippen LogP contribution is -2.46. The molecule has 0 unspecified atom stereocenters. The molecule has 1 fully saturated rings. The average molecular weight is 639 g/mol. The van der Waals surface area contributed by atoms with Crippen LogP contribution < -0.4 is 40.8 Å². The number of piperidine rings is 1. The predicted molar refractivity (Wildman–Crippen MR) is 168 cm³/mol. The van der Waals surface area contributed by atoms with Crippen LogP contribution in [0.25, 0.3) is 10.9 Å². The molecule has 1 saturated heterocycles. The second-order valence-corrected chi connectivity index (χ2v) is 10.5. The maximum absolute atomic E-state index is 14.1. The molecule has 1 aromatic heterocycles. The molecule has 4 aromatic rings. The van der Waals surface area contributed by atoms with Crippen LogP contribution in [0.1, 0.15) is 18.4 Å². The van der Waals surface area contributed by atoms with Gasteiger partial charge in [0.25, 0.3) is 0 Å². The summed E-state index contributed by atoms with van der Waals surface area (Å²) >= 11 is 0. The fraction of sp³-hybridized carbons (Fsp3) is 0.281. The first-order chi connectivity index (χ1) is 22.1. The Kier molecular flexibility index (Phi) is 9.66. The number of halogens is 3. The quantitative estimate of drug-likeness (QED) is 0.182. The molecule has 0 radical (unpaired) electrons. The van der Waals surface area contributed by atoms with Crippen LogP contribution in [-0.2, 0) is 11.0 Å². The van der Waals surface area contributed by atoms with Gasteiger partial charge in [0, 0.05) is 59.9 Å². The second-order valence-electron chi connectivity index (χ2n) is 10.5. The van der Waals surface area contributed by atoms with Gasteiger partial charge < -0.3 is 40.8 Å². The molecule has 1 aliphatic rings. The normalized spacial score (nSPS) is 13.7. The van der Waals surface area contributed by atoms with Crippen molar-refractivity contribution in [2.24, 2.45) is 5.73 Å². The Morgan fingerprint density at radius 2 is 1.63 bits per heavy atom. The van der Waals surface area contributed by atoms with Gasteiger partial charge in [0.05, 0.1) is 31.8 Å². The number of amides is 3. The van der Waals surface area contributed by atoms with E-state index in [1.807, 2.05) is 0 Å². The zero-order valence-electron chi connectivity index (χ0n) is 25.1. The van der Waals surface area contributed by atoms with Gasteiger partial charge >= 0.3 is 12.2 Å². The molecule has 0 aliphatic carbocycles. The first-order valence-electron chi connectivity index (χ1n) is 14.4. The second kappa shape index (κ2) is 13.8. The van der Waals surface area contributed by atoms with E-state index < -0.39 is 17.8 Å². The first kappa shape index (κ1) is 32.2. The van der Waals surface area contributed by atoms with Crippen LogP contribution in [0.3, 0.4) is 0 Å². The van der Waals surface area contributed by atoms with Crippen molar-refractivity contribution in [1.29, 1.82) is 0 Å². The van der Waals surface area contributed by atoms with E-state index in [4.69, 9.17) is 19.9 Å². The summed E-state index contributed by atoms with van der Waals surface area (Å²) in [6.07, 6.45) is -2.11. The topological polar surface area (TPSA) is 140 Å². The van der Waals surface area contributed by atoms with Crippen molar-refractivity contribution in [3.05, 3.63) is 72.4 Å². The van der Waals surface area contributed by atoms with Crippen LogP contribution in [0.4, 0.5) is 35.0 Å². The van der Waals surface area contributed by atoms with Crippen molar-refractivity contribution in [2.75, 3.05) is 49.4 Å². The Morgan fingerprint density at radius 3 is 2.30 bits per heavy atom. The van der Waals surface area contributed by atoms with Crippen LogP contribution in [0.5, 0.6) is 23.0 Å². The van der Waals surface area contributed by atoms with Crippen LogP contribution in [0.15, 0.2) is 66.9 Å². The fourth-order valence-corrected chi connectivity index (χ4v) is 5.26. The van der Waals surface area contributed by atoms with Gasteiger partial charge in [-0.25, -0.2) is 4.79 Å². The summed E-state index contributed by atoms with van der Waals surface area (Å²) < 4.78 is 59.2. The van der Waals surface area contributed by atoms with E-state index in [0.717, 1.165) is 6.07 Å². The number of pyridine rings is 1. The number of nitrogens with two attached hydrogens (primary N) is 1. The van der Waals surface area contributed by atoms with E-state index in [9.17, 15) is 22.8 Å². The van der Waals surface area contributed by atoms with Crippen molar-refractivity contribution in [1.82, 2.24) is 10.3 Å². The van der Waals surface area contributed by atoms with E-state index in [1.54, 1.807) is 53.6 Å². The van der Waals surface area contributed by atoms with Gasteiger partial charge in [0.15, 0.2) is 11.5 Å². The lowest BCUT2D eigenvalue weighted by atomic mass is 10.0. The number of rotatable bonds is 9. The standard InChI is InChI=1S/C32H33F3N6O5/c1-44-28-16-23-25(17-29(28)45-2)37-11-8-27(23)46-22-5-3-4-20(14-22)39-31(43)40-21-6-7-26(24(15-21)32(33,34)35)41-12-9-19(10-13-41)38-30(42)18-36/h3-8,11,14-17,19H,9-10,12-13,18,36H2,1-2H3,(H,38,42)(H2,39,40,43). The first-order valence-corrected chi connectivity index (χ1v) is 14.4. The molecule has 2 heterocycles. The lowest BCUT2D eigenvalue weighted by molar-refractivity contribution is -0.137. The Bertz CT molecular complexity index is 1730. The number of nitrogens with zero attached hydrogens (tertiary/aromatic N) is 2. The van der Waals surface area contributed by atoms with Gasteiger partial charge in [-0.3, -0.25) is 9.78 Å². The number of methoxy groups -OCH3 is 2. The third-order valence-electron chi connectivity index (χ3n) is 7.47. The number of urea groups is 1. The number of hydrogen-bond acceptors (Lipinski definition) is 8. The molecule has 5 rings (SSSR count). The molecule has 0 saturated carbocycles. The van der Waals surface area contributed by atoms with Gasteiger partial charge in [-0.05, 0) is 55.3 Å².